The highest BCUT2D eigenvalue weighted by Crippen LogP contribution is 2.32. The van der Waals surface area contributed by atoms with Crippen molar-refractivity contribution < 1.29 is 13.2 Å². The number of nitrogens with zero attached hydrogens (tertiary/aromatic N) is 5. The van der Waals surface area contributed by atoms with Gasteiger partial charge in [0.1, 0.15) is 6.23 Å². The van der Waals surface area contributed by atoms with E-state index >= 15 is 0 Å². The van der Waals surface area contributed by atoms with Crippen molar-refractivity contribution in [2.24, 2.45) is 5.92 Å². The van der Waals surface area contributed by atoms with Crippen LogP contribution >= 0.6 is 0 Å². The highest BCUT2D eigenvalue weighted by molar-refractivity contribution is 7.89. The molecule has 3 atom stereocenters. The minimum absolute atomic E-state index is 0.0260. The van der Waals surface area contributed by atoms with E-state index in [-0.39, 0.29) is 18.2 Å². The van der Waals surface area contributed by atoms with Crippen molar-refractivity contribution in [2.75, 3.05) is 13.2 Å². The third-order valence-electron chi connectivity index (χ3n) is 7.41. The Bertz CT molecular complexity index is 1460. The molecule has 188 valence electrons. The molecule has 0 radical (unpaired) electrons. The van der Waals surface area contributed by atoms with E-state index in [0.717, 1.165) is 47.9 Å². The zero-order valence-electron chi connectivity index (χ0n) is 20.4. The normalized spacial score (nSPS) is 23.4. The molecule has 0 bridgehead atoms. The van der Waals surface area contributed by atoms with Crippen LogP contribution < -0.4 is 0 Å². The van der Waals surface area contributed by atoms with Crippen molar-refractivity contribution in [1.82, 2.24) is 23.9 Å². The molecule has 2 fully saturated rings. The molecule has 6 rings (SSSR count). The van der Waals surface area contributed by atoms with Gasteiger partial charge in [-0.05, 0) is 68.4 Å². The molecule has 0 aliphatic carbocycles. The van der Waals surface area contributed by atoms with Crippen molar-refractivity contribution in [2.45, 2.75) is 56.3 Å². The molecule has 0 spiro atoms. The van der Waals surface area contributed by atoms with E-state index < -0.39 is 10.0 Å². The topological polar surface area (TPSA) is 82.2 Å². The van der Waals surface area contributed by atoms with Gasteiger partial charge in [-0.2, -0.15) is 14.5 Å². The first-order valence-electron chi connectivity index (χ1n) is 12.7. The summed E-state index contributed by atoms with van der Waals surface area (Å²) in [5.74, 6) is 0.204. The van der Waals surface area contributed by atoms with Crippen LogP contribution in [0.4, 0.5) is 0 Å². The first-order valence-corrected chi connectivity index (χ1v) is 14.1. The summed E-state index contributed by atoms with van der Waals surface area (Å²) in [7, 11) is -3.50. The summed E-state index contributed by atoms with van der Waals surface area (Å²) >= 11 is 0. The van der Waals surface area contributed by atoms with Gasteiger partial charge in [-0.25, -0.2) is 13.1 Å². The third kappa shape index (κ3) is 4.36. The Morgan fingerprint density at radius 3 is 2.69 bits per heavy atom. The van der Waals surface area contributed by atoms with Crippen molar-refractivity contribution >= 4 is 20.9 Å². The minimum atomic E-state index is -3.50. The van der Waals surface area contributed by atoms with E-state index in [4.69, 9.17) is 4.74 Å². The summed E-state index contributed by atoms with van der Waals surface area (Å²) < 4.78 is 37.8. The molecule has 0 amide bonds. The summed E-state index contributed by atoms with van der Waals surface area (Å²) in [6.07, 6.45) is 9.97. The first kappa shape index (κ1) is 23.4. The Kier molecular flexibility index (Phi) is 6.15. The molecule has 0 N–H and O–H groups in total. The highest BCUT2D eigenvalue weighted by Gasteiger charge is 2.38. The fraction of sp³-hybridized carbons (Fsp3) is 0.407. The monoisotopic (exact) mass is 505 g/mol. The van der Waals surface area contributed by atoms with Gasteiger partial charge in [-0.1, -0.05) is 24.3 Å². The lowest BCUT2D eigenvalue weighted by Crippen LogP contribution is -2.34. The Morgan fingerprint density at radius 1 is 1.03 bits per heavy atom. The summed E-state index contributed by atoms with van der Waals surface area (Å²) in [5, 5.41) is 10.3. The molecule has 36 heavy (non-hydrogen) atoms. The fourth-order valence-electron chi connectivity index (χ4n) is 5.54. The van der Waals surface area contributed by atoms with E-state index in [9.17, 15) is 8.42 Å². The molecule has 2 aliphatic rings. The molecule has 1 unspecified atom stereocenters. The SMILES string of the molecule is C[C@H]1C[C@H](Cn2ncc3cc(-c4cnn(C5CCCCO5)c4)ccc32)CN1S(=O)(=O)c1ccccc1. The number of aromatic nitrogens is 4. The maximum atomic E-state index is 13.2. The lowest BCUT2D eigenvalue weighted by atomic mass is 10.1. The largest absolute Gasteiger partial charge is 0.357 e. The third-order valence-corrected chi connectivity index (χ3v) is 9.41. The molecule has 4 aromatic rings. The predicted octanol–water partition coefficient (Wildman–Crippen LogP) is 4.70. The predicted molar refractivity (Wildman–Crippen MR) is 138 cm³/mol. The van der Waals surface area contributed by atoms with Crippen LogP contribution in [-0.4, -0.2) is 51.5 Å². The average molecular weight is 506 g/mol. The Morgan fingerprint density at radius 2 is 1.89 bits per heavy atom. The summed E-state index contributed by atoms with van der Waals surface area (Å²) in [4.78, 5) is 0.355. The molecular weight excluding hydrogens is 474 g/mol. The van der Waals surface area contributed by atoms with Crippen LogP contribution in [0.1, 0.15) is 38.8 Å². The summed E-state index contributed by atoms with van der Waals surface area (Å²) in [5.41, 5.74) is 3.21. The van der Waals surface area contributed by atoms with Gasteiger partial charge in [0.2, 0.25) is 10.0 Å². The molecular formula is C27H31N5O3S. The average Bonchev–Trinajstić information content (AvgIpc) is 3.64. The second-order valence-corrected chi connectivity index (χ2v) is 11.9. The van der Waals surface area contributed by atoms with Crippen LogP contribution in [0.25, 0.3) is 22.0 Å². The number of rotatable bonds is 6. The Labute approximate surface area is 211 Å². The smallest absolute Gasteiger partial charge is 0.243 e. The number of hydrogen-bond acceptors (Lipinski definition) is 5. The maximum absolute atomic E-state index is 13.2. The van der Waals surface area contributed by atoms with Crippen molar-refractivity contribution in [1.29, 1.82) is 0 Å². The van der Waals surface area contributed by atoms with Crippen molar-refractivity contribution in [3.05, 3.63) is 67.1 Å². The zero-order chi connectivity index (χ0) is 24.7. The maximum Gasteiger partial charge on any atom is 0.243 e. The molecule has 0 saturated carbocycles. The van der Waals surface area contributed by atoms with Gasteiger partial charge in [0.05, 0.1) is 22.8 Å². The van der Waals surface area contributed by atoms with Gasteiger partial charge in [0.25, 0.3) is 0 Å². The zero-order valence-corrected chi connectivity index (χ0v) is 21.2. The number of ether oxygens (including phenoxy) is 1. The Balaban J connectivity index is 1.18. The quantitative estimate of drug-likeness (QED) is 0.379. The lowest BCUT2D eigenvalue weighted by Gasteiger charge is -2.22. The number of benzene rings is 2. The molecule has 4 heterocycles. The molecule has 8 nitrogen and oxygen atoms in total. The van der Waals surface area contributed by atoms with Crippen LogP contribution in [-0.2, 0) is 21.3 Å². The number of sulfonamides is 1. The van der Waals surface area contributed by atoms with Gasteiger partial charge < -0.3 is 4.74 Å². The van der Waals surface area contributed by atoms with Crippen LogP contribution in [0.2, 0.25) is 0 Å². The van der Waals surface area contributed by atoms with Gasteiger partial charge in [-0.3, -0.25) is 4.68 Å². The lowest BCUT2D eigenvalue weighted by molar-refractivity contribution is -0.0394. The van der Waals surface area contributed by atoms with E-state index in [2.05, 4.69) is 34.6 Å². The second kappa shape index (κ2) is 9.46. The molecule has 2 aliphatic heterocycles. The molecule has 2 saturated heterocycles. The van der Waals surface area contributed by atoms with E-state index in [1.54, 1.807) is 28.6 Å². The molecule has 9 heteroatoms. The van der Waals surface area contributed by atoms with E-state index in [1.807, 2.05) is 34.7 Å². The van der Waals surface area contributed by atoms with Gasteiger partial charge in [0.15, 0.2) is 0 Å². The highest BCUT2D eigenvalue weighted by atomic mass is 32.2. The second-order valence-electron chi connectivity index (χ2n) is 9.97. The van der Waals surface area contributed by atoms with Crippen LogP contribution in [0.5, 0.6) is 0 Å². The van der Waals surface area contributed by atoms with Gasteiger partial charge in [0, 0.05) is 42.9 Å². The summed E-state index contributed by atoms with van der Waals surface area (Å²) in [6.45, 7) is 3.97. The summed E-state index contributed by atoms with van der Waals surface area (Å²) in [6, 6.07) is 15.0. The van der Waals surface area contributed by atoms with Crippen LogP contribution in [0.15, 0.2) is 72.0 Å². The first-order chi connectivity index (χ1) is 17.5. The van der Waals surface area contributed by atoms with Crippen molar-refractivity contribution in [3.63, 3.8) is 0 Å². The van der Waals surface area contributed by atoms with E-state index in [1.165, 1.54) is 6.42 Å². The minimum Gasteiger partial charge on any atom is -0.357 e. The number of fused-ring (bicyclic) bond motifs is 1. The molecule has 2 aromatic heterocycles. The van der Waals surface area contributed by atoms with Crippen molar-refractivity contribution in [3.8, 4) is 11.1 Å². The van der Waals surface area contributed by atoms with Crippen LogP contribution in [0.3, 0.4) is 0 Å². The van der Waals surface area contributed by atoms with E-state index in [0.29, 0.717) is 18.0 Å². The fourth-order valence-corrected chi connectivity index (χ4v) is 7.28. The Hall–Kier alpha value is -3.01. The standard InChI is InChI=1S/C27H31N5O3S/c1-20-13-21(18-32(20)36(33,34)25-7-3-2-4-8-25)17-30-26-11-10-22(14-23(26)15-28-30)24-16-29-31(19-24)27-9-5-6-12-35-27/h2-4,7-8,10-11,14-16,19-21,27H,5-6,9,12-13,17-18H2,1H3/t20-,21+,27?/m0/s1. The molecule has 2 aromatic carbocycles. The van der Waals surface area contributed by atoms with Gasteiger partial charge in [-0.15, -0.1) is 0 Å². The number of hydrogen-bond donors (Lipinski definition) is 0. The van der Waals surface area contributed by atoms with Gasteiger partial charge >= 0.3 is 0 Å². The van der Waals surface area contributed by atoms with Crippen LogP contribution in [0, 0.1) is 5.92 Å².